The summed E-state index contributed by atoms with van der Waals surface area (Å²) >= 11 is 0. The van der Waals surface area contributed by atoms with Gasteiger partial charge in [-0.3, -0.25) is 0 Å². The highest BCUT2D eigenvalue weighted by Gasteiger charge is 2.42. The van der Waals surface area contributed by atoms with Crippen LogP contribution in [-0.4, -0.2) is 32.0 Å². The zero-order valence-electron chi connectivity index (χ0n) is 14.1. The minimum atomic E-state index is -4.27. The van der Waals surface area contributed by atoms with Crippen LogP contribution in [0.25, 0.3) is 0 Å². The molecular weight excluding hydrogens is 367 g/mol. The van der Waals surface area contributed by atoms with Gasteiger partial charge in [0.05, 0.1) is 17.6 Å². The molecule has 1 aromatic carbocycles. The van der Waals surface area contributed by atoms with Gasteiger partial charge in [-0.1, -0.05) is 12.1 Å². The molecule has 1 aromatic rings. The van der Waals surface area contributed by atoms with Crippen molar-refractivity contribution in [1.29, 1.82) is 5.26 Å². The fourth-order valence-electron chi connectivity index (χ4n) is 3.25. The molecule has 3 rings (SSSR count). The fourth-order valence-corrected chi connectivity index (χ4v) is 4.47. The highest BCUT2D eigenvalue weighted by molar-refractivity contribution is 7.87. The molecule has 0 amide bonds. The molecule has 1 N–H and O–H groups in total. The van der Waals surface area contributed by atoms with Gasteiger partial charge >= 0.3 is 6.18 Å². The third kappa shape index (κ3) is 4.37. The van der Waals surface area contributed by atoms with E-state index in [1.54, 1.807) is 12.1 Å². The number of nitrogens with one attached hydrogen (secondary N) is 1. The van der Waals surface area contributed by atoms with Gasteiger partial charge in [-0.2, -0.15) is 35.9 Å². The Morgan fingerprint density at radius 1 is 1.19 bits per heavy atom. The lowest BCUT2D eigenvalue weighted by Gasteiger charge is -2.32. The van der Waals surface area contributed by atoms with Crippen molar-refractivity contribution in [2.75, 3.05) is 13.1 Å². The summed E-state index contributed by atoms with van der Waals surface area (Å²) in [4.78, 5) is 0. The van der Waals surface area contributed by atoms with Crippen molar-refractivity contribution in [3.8, 4) is 6.07 Å². The molecule has 0 atom stereocenters. The van der Waals surface area contributed by atoms with Crippen molar-refractivity contribution >= 4 is 10.2 Å². The van der Waals surface area contributed by atoms with Crippen molar-refractivity contribution in [1.82, 2.24) is 9.03 Å². The van der Waals surface area contributed by atoms with Crippen LogP contribution in [0.2, 0.25) is 0 Å². The van der Waals surface area contributed by atoms with Crippen molar-refractivity contribution in [3.63, 3.8) is 0 Å². The molecule has 0 unspecified atom stereocenters. The molecule has 0 radical (unpaired) electrons. The average molecular weight is 387 g/mol. The predicted molar refractivity (Wildman–Crippen MR) is 89.2 cm³/mol. The lowest BCUT2D eigenvalue weighted by Crippen LogP contribution is -2.46. The monoisotopic (exact) mass is 387 g/mol. The van der Waals surface area contributed by atoms with Crippen LogP contribution in [-0.2, 0) is 16.8 Å². The Morgan fingerprint density at radius 2 is 1.85 bits per heavy atom. The zero-order valence-corrected chi connectivity index (χ0v) is 14.9. The quantitative estimate of drug-likeness (QED) is 0.844. The van der Waals surface area contributed by atoms with Gasteiger partial charge in [0.1, 0.15) is 0 Å². The summed E-state index contributed by atoms with van der Waals surface area (Å²) in [5.74, 6) is -1.07. The average Bonchev–Trinajstić information content (AvgIpc) is 3.44. The van der Waals surface area contributed by atoms with Crippen LogP contribution in [0.4, 0.5) is 13.2 Å². The Hall–Kier alpha value is -1.63. The van der Waals surface area contributed by atoms with Gasteiger partial charge in [0, 0.05) is 19.6 Å². The molecule has 142 valence electrons. The van der Waals surface area contributed by atoms with Crippen LogP contribution >= 0.6 is 0 Å². The maximum absolute atomic E-state index is 12.7. The molecule has 26 heavy (non-hydrogen) atoms. The number of nitrogens with zero attached hydrogens (tertiary/aromatic N) is 2. The number of nitriles is 1. The second-order valence-electron chi connectivity index (χ2n) is 6.85. The summed E-state index contributed by atoms with van der Waals surface area (Å²) in [6.45, 7) is -0.229. The summed E-state index contributed by atoms with van der Waals surface area (Å²) in [6, 6.07) is 7.37. The molecule has 0 spiro atoms. The largest absolute Gasteiger partial charge is 0.391 e. The van der Waals surface area contributed by atoms with E-state index in [0.29, 0.717) is 11.5 Å². The van der Waals surface area contributed by atoms with Gasteiger partial charge in [-0.25, -0.2) is 0 Å². The summed E-state index contributed by atoms with van der Waals surface area (Å²) < 4.78 is 66.3. The van der Waals surface area contributed by atoms with E-state index in [0.717, 1.165) is 28.3 Å². The Balaban J connectivity index is 1.61. The van der Waals surface area contributed by atoms with Crippen LogP contribution in [0.15, 0.2) is 18.2 Å². The van der Waals surface area contributed by atoms with Gasteiger partial charge in [0.2, 0.25) is 0 Å². The van der Waals surface area contributed by atoms with Crippen molar-refractivity contribution in [2.24, 2.45) is 5.92 Å². The standard InChI is InChI=1S/C17H20F3N3O2S/c18-17(19,20)15-5-7-23(8-6-15)26(24,25)22-11-12-1-2-14(10-21)16(9-12)13-3-4-13/h1-2,9,13,15,22H,3-8,11H2. The predicted octanol–water partition coefficient (Wildman–Crippen LogP) is 3.04. The number of hydrogen-bond acceptors (Lipinski definition) is 3. The van der Waals surface area contributed by atoms with Gasteiger partial charge in [-0.05, 0) is 48.8 Å². The van der Waals surface area contributed by atoms with E-state index in [2.05, 4.69) is 10.8 Å². The maximum atomic E-state index is 12.7. The highest BCUT2D eigenvalue weighted by Crippen LogP contribution is 2.42. The number of hydrogen-bond donors (Lipinski definition) is 1. The van der Waals surface area contributed by atoms with Crippen LogP contribution < -0.4 is 4.72 Å². The molecule has 2 aliphatic rings. The van der Waals surface area contributed by atoms with Gasteiger partial charge in [0.15, 0.2) is 0 Å². The van der Waals surface area contributed by atoms with Crippen LogP contribution in [0.5, 0.6) is 0 Å². The first kappa shape index (κ1) is 19.1. The number of rotatable bonds is 5. The SMILES string of the molecule is N#Cc1ccc(CNS(=O)(=O)N2CCC(C(F)(F)F)CC2)cc1C1CC1. The Morgan fingerprint density at radius 3 is 2.38 bits per heavy atom. The Kier molecular flexibility index (Phi) is 5.28. The maximum Gasteiger partial charge on any atom is 0.391 e. The molecule has 1 saturated carbocycles. The van der Waals surface area contributed by atoms with Gasteiger partial charge < -0.3 is 0 Å². The first-order valence-electron chi connectivity index (χ1n) is 8.55. The van der Waals surface area contributed by atoms with E-state index in [-0.39, 0.29) is 32.5 Å². The highest BCUT2D eigenvalue weighted by atomic mass is 32.2. The molecule has 1 aliphatic heterocycles. The van der Waals surface area contributed by atoms with E-state index in [1.807, 2.05) is 6.07 Å². The molecular formula is C17H20F3N3O2S. The van der Waals surface area contributed by atoms with E-state index < -0.39 is 22.3 Å². The number of benzene rings is 1. The topological polar surface area (TPSA) is 73.2 Å². The van der Waals surface area contributed by atoms with Crippen molar-refractivity contribution < 1.29 is 21.6 Å². The molecule has 1 saturated heterocycles. The summed E-state index contributed by atoms with van der Waals surface area (Å²) in [7, 11) is -3.83. The number of alkyl halides is 3. The third-order valence-corrected chi connectivity index (χ3v) is 6.52. The van der Waals surface area contributed by atoms with Gasteiger partial charge in [-0.15, -0.1) is 0 Å². The third-order valence-electron chi connectivity index (χ3n) is 4.97. The fraction of sp³-hybridized carbons (Fsp3) is 0.588. The lowest BCUT2D eigenvalue weighted by molar-refractivity contribution is -0.182. The van der Waals surface area contributed by atoms with E-state index in [1.165, 1.54) is 0 Å². The smallest absolute Gasteiger partial charge is 0.198 e. The first-order valence-corrected chi connectivity index (χ1v) is 9.99. The summed E-state index contributed by atoms with van der Waals surface area (Å²) in [5, 5.41) is 9.15. The Labute approximate surface area is 151 Å². The normalized spacial score (nSPS) is 20.1. The first-order chi connectivity index (χ1) is 12.2. The molecule has 1 aliphatic carbocycles. The minimum absolute atomic E-state index is 0.0486. The minimum Gasteiger partial charge on any atom is -0.198 e. The lowest BCUT2D eigenvalue weighted by atomic mass is 9.98. The molecule has 1 heterocycles. The van der Waals surface area contributed by atoms with E-state index in [9.17, 15) is 21.6 Å². The van der Waals surface area contributed by atoms with Crippen LogP contribution in [0.3, 0.4) is 0 Å². The Bertz CT molecular complexity index is 806. The second-order valence-corrected chi connectivity index (χ2v) is 8.60. The second kappa shape index (κ2) is 7.18. The molecule has 9 heteroatoms. The number of halogens is 3. The molecule has 2 fully saturated rings. The number of piperidine rings is 1. The van der Waals surface area contributed by atoms with E-state index in [4.69, 9.17) is 5.26 Å². The summed E-state index contributed by atoms with van der Waals surface area (Å²) in [5.41, 5.74) is 2.28. The molecule has 0 aromatic heterocycles. The van der Waals surface area contributed by atoms with Crippen LogP contribution in [0.1, 0.15) is 48.3 Å². The van der Waals surface area contributed by atoms with Crippen LogP contribution in [0, 0.1) is 17.2 Å². The van der Waals surface area contributed by atoms with E-state index >= 15 is 0 Å². The van der Waals surface area contributed by atoms with Gasteiger partial charge in [0.25, 0.3) is 10.2 Å². The van der Waals surface area contributed by atoms with Crippen molar-refractivity contribution in [2.45, 2.75) is 44.3 Å². The molecule has 5 nitrogen and oxygen atoms in total. The van der Waals surface area contributed by atoms with Crippen molar-refractivity contribution in [3.05, 3.63) is 34.9 Å². The molecule has 0 bridgehead atoms. The summed E-state index contributed by atoms with van der Waals surface area (Å²) in [6.07, 6.45) is -2.65. The zero-order chi connectivity index (χ0) is 18.9.